The van der Waals surface area contributed by atoms with E-state index in [0.717, 1.165) is 36.1 Å². The Bertz CT molecular complexity index is 1210. The van der Waals surface area contributed by atoms with Crippen molar-refractivity contribution in [3.63, 3.8) is 0 Å². The van der Waals surface area contributed by atoms with Crippen molar-refractivity contribution in [1.82, 2.24) is 4.98 Å². The molecular weight excluding hydrogens is 474 g/mol. The summed E-state index contributed by atoms with van der Waals surface area (Å²) in [7, 11) is 0. The molecule has 1 saturated carbocycles. The number of carbonyl (C=O) groups excluding carboxylic acids is 3. The highest BCUT2D eigenvalue weighted by atomic mass is 32.1. The van der Waals surface area contributed by atoms with E-state index in [1.54, 1.807) is 12.1 Å². The number of carbonyl (C=O) groups is 3. The summed E-state index contributed by atoms with van der Waals surface area (Å²) in [5.74, 6) is 0.390. The molecule has 2 amide bonds. The summed E-state index contributed by atoms with van der Waals surface area (Å²) in [5, 5.41) is 2.76. The first-order chi connectivity index (χ1) is 17.3. The summed E-state index contributed by atoms with van der Waals surface area (Å²) in [6.45, 7) is 8.11. The van der Waals surface area contributed by atoms with Gasteiger partial charge < -0.3 is 14.6 Å². The minimum absolute atomic E-state index is 0.00285. The van der Waals surface area contributed by atoms with Crippen LogP contribution < -0.4 is 10.2 Å². The van der Waals surface area contributed by atoms with E-state index >= 15 is 0 Å². The molecule has 0 bridgehead atoms. The summed E-state index contributed by atoms with van der Waals surface area (Å²) in [4.78, 5) is 46.0. The first-order valence-corrected chi connectivity index (χ1v) is 13.4. The molecule has 8 heteroatoms. The molecule has 1 aromatic carbocycles. The monoisotopic (exact) mass is 507 g/mol. The third kappa shape index (κ3) is 5.59. The van der Waals surface area contributed by atoms with Gasteiger partial charge in [0, 0.05) is 28.9 Å². The van der Waals surface area contributed by atoms with Gasteiger partial charge >= 0.3 is 5.91 Å². The lowest BCUT2D eigenvalue weighted by Crippen LogP contribution is -2.42. The van der Waals surface area contributed by atoms with Gasteiger partial charge in [-0.2, -0.15) is 0 Å². The van der Waals surface area contributed by atoms with Gasteiger partial charge in [0.15, 0.2) is 5.78 Å². The molecule has 3 aromatic rings. The molecule has 0 unspecified atom stereocenters. The van der Waals surface area contributed by atoms with Crippen LogP contribution >= 0.6 is 11.3 Å². The smallest absolute Gasteiger partial charge is 0.311 e. The zero-order valence-corrected chi connectivity index (χ0v) is 22.1. The Hall–Kier alpha value is -3.26. The second kappa shape index (κ2) is 11.2. The Kier molecular flexibility index (Phi) is 8.04. The minimum Gasteiger partial charge on any atom is -0.441 e. The summed E-state index contributed by atoms with van der Waals surface area (Å²) in [6, 6.07) is 9.29. The maximum Gasteiger partial charge on any atom is 0.311 e. The molecule has 36 heavy (non-hydrogen) atoms. The third-order valence-corrected chi connectivity index (χ3v) is 7.93. The Balaban J connectivity index is 1.61. The van der Waals surface area contributed by atoms with E-state index in [4.69, 9.17) is 4.42 Å². The van der Waals surface area contributed by atoms with Gasteiger partial charge in [-0.05, 0) is 69.2 Å². The standard InChI is InChI=1S/C28H33N3O4S/c1-5-23(32)25-22(31(17(2)3)28(34)20-8-6-18(4)7-9-20)16-24(36-25)19-10-12-21(13-11-19)30-26(33)27-29-14-15-35-27/h10-18,20H,5-9H2,1-4H3,(H,30,33)/t18-,20-. The van der Waals surface area contributed by atoms with Gasteiger partial charge in [-0.1, -0.05) is 26.0 Å². The lowest BCUT2D eigenvalue weighted by atomic mass is 9.82. The predicted octanol–water partition coefficient (Wildman–Crippen LogP) is 6.82. The average molecular weight is 508 g/mol. The molecule has 1 N–H and O–H groups in total. The molecular formula is C28H33N3O4S. The number of nitrogens with zero attached hydrogens (tertiary/aromatic N) is 2. The number of amides is 2. The number of Topliss-reactive ketones (excluding diaryl/α,β-unsaturated/α-hetero) is 1. The molecule has 190 valence electrons. The van der Waals surface area contributed by atoms with Crippen LogP contribution in [-0.2, 0) is 4.79 Å². The third-order valence-electron chi connectivity index (χ3n) is 6.72. The first-order valence-electron chi connectivity index (χ1n) is 12.6. The molecule has 0 aliphatic heterocycles. The van der Waals surface area contributed by atoms with Crippen LogP contribution in [0.5, 0.6) is 0 Å². The number of aromatic nitrogens is 1. The van der Waals surface area contributed by atoms with E-state index < -0.39 is 5.91 Å². The number of rotatable bonds is 8. The average Bonchev–Trinajstić information content (AvgIpc) is 3.55. The van der Waals surface area contributed by atoms with Crippen LogP contribution in [-0.4, -0.2) is 28.6 Å². The quantitative estimate of drug-likeness (QED) is 0.338. The molecule has 0 radical (unpaired) electrons. The van der Waals surface area contributed by atoms with E-state index in [0.29, 0.717) is 28.6 Å². The molecule has 1 fully saturated rings. The molecule has 0 atom stereocenters. The number of benzene rings is 1. The van der Waals surface area contributed by atoms with Gasteiger partial charge in [-0.15, -0.1) is 11.3 Å². The second-order valence-electron chi connectivity index (χ2n) is 9.73. The van der Waals surface area contributed by atoms with Crippen LogP contribution in [0.3, 0.4) is 0 Å². The molecule has 1 aliphatic rings. The van der Waals surface area contributed by atoms with Crippen LogP contribution in [0, 0.1) is 11.8 Å². The molecule has 0 spiro atoms. The van der Waals surface area contributed by atoms with Crippen LogP contribution in [0.25, 0.3) is 10.4 Å². The van der Waals surface area contributed by atoms with Crippen molar-refractivity contribution in [1.29, 1.82) is 0 Å². The maximum absolute atomic E-state index is 13.7. The van der Waals surface area contributed by atoms with Crippen molar-refractivity contribution in [3.8, 4) is 10.4 Å². The van der Waals surface area contributed by atoms with Crippen LogP contribution in [0.4, 0.5) is 11.4 Å². The SMILES string of the molecule is CCC(=O)c1sc(-c2ccc(NC(=O)c3ncco3)cc2)cc1N(C(=O)[C@H]1CC[C@H](C)CC1)C(C)C. The summed E-state index contributed by atoms with van der Waals surface area (Å²) in [6.07, 6.45) is 7.08. The highest BCUT2D eigenvalue weighted by Crippen LogP contribution is 2.40. The van der Waals surface area contributed by atoms with E-state index in [1.807, 2.05) is 43.9 Å². The number of thiophene rings is 1. The van der Waals surface area contributed by atoms with E-state index in [9.17, 15) is 14.4 Å². The van der Waals surface area contributed by atoms with Crippen LogP contribution in [0.1, 0.15) is 80.2 Å². The molecule has 0 saturated heterocycles. The molecule has 2 aromatic heterocycles. The van der Waals surface area contributed by atoms with E-state index in [2.05, 4.69) is 17.2 Å². The fourth-order valence-electron chi connectivity index (χ4n) is 4.66. The second-order valence-corrected chi connectivity index (χ2v) is 10.8. The Labute approximate surface area is 215 Å². The number of nitrogens with one attached hydrogen (secondary N) is 1. The Morgan fingerprint density at radius 1 is 1.14 bits per heavy atom. The fourth-order valence-corrected chi connectivity index (χ4v) is 5.82. The van der Waals surface area contributed by atoms with Crippen LogP contribution in [0.2, 0.25) is 0 Å². The Morgan fingerprint density at radius 3 is 2.42 bits per heavy atom. The largest absolute Gasteiger partial charge is 0.441 e. The van der Waals surface area contributed by atoms with Gasteiger partial charge in [-0.3, -0.25) is 14.4 Å². The lowest BCUT2D eigenvalue weighted by Gasteiger charge is -2.33. The summed E-state index contributed by atoms with van der Waals surface area (Å²) in [5.41, 5.74) is 2.23. The van der Waals surface area contributed by atoms with Gasteiger partial charge in [0.1, 0.15) is 6.26 Å². The van der Waals surface area contributed by atoms with Crippen molar-refractivity contribution in [2.45, 2.75) is 65.8 Å². The van der Waals surface area contributed by atoms with Gasteiger partial charge in [-0.25, -0.2) is 4.98 Å². The van der Waals surface area contributed by atoms with Gasteiger partial charge in [0.25, 0.3) is 5.89 Å². The molecule has 2 heterocycles. The number of hydrogen-bond donors (Lipinski definition) is 1. The number of oxazole rings is 1. The van der Waals surface area contributed by atoms with Crippen molar-refractivity contribution < 1.29 is 18.8 Å². The van der Waals surface area contributed by atoms with Gasteiger partial charge in [0.05, 0.1) is 16.8 Å². The molecule has 1 aliphatic carbocycles. The van der Waals surface area contributed by atoms with Gasteiger partial charge in [0.2, 0.25) is 5.91 Å². The highest BCUT2D eigenvalue weighted by molar-refractivity contribution is 7.18. The molecule has 7 nitrogen and oxygen atoms in total. The van der Waals surface area contributed by atoms with Crippen molar-refractivity contribution >= 4 is 40.3 Å². The van der Waals surface area contributed by atoms with E-state index in [1.165, 1.54) is 23.8 Å². The topological polar surface area (TPSA) is 92.5 Å². The molecule has 4 rings (SSSR count). The Morgan fingerprint density at radius 2 is 1.83 bits per heavy atom. The zero-order chi connectivity index (χ0) is 25.8. The first kappa shape index (κ1) is 25.8. The van der Waals surface area contributed by atoms with E-state index in [-0.39, 0.29) is 29.5 Å². The lowest BCUT2D eigenvalue weighted by molar-refractivity contribution is -0.123. The maximum atomic E-state index is 13.7. The highest BCUT2D eigenvalue weighted by Gasteiger charge is 2.33. The van der Waals surface area contributed by atoms with Crippen LogP contribution in [0.15, 0.2) is 47.2 Å². The zero-order valence-electron chi connectivity index (χ0n) is 21.2. The summed E-state index contributed by atoms with van der Waals surface area (Å²) < 4.78 is 5.03. The number of anilines is 2. The van der Waals surface area contributed by atoms with Crippen molar-refractivity contribution in [2.24, 2.45) is 11.8 Å². The summed E-state index contributed by atoms with van der Waals surface area (Å²) >= 11 is 1.42. The minimum atomic E-state index is -0.426. The number of ketones is 1. The van der Waals surface area contributed by atoms with Crippen molar-refractivity contribution in [3.05, 3.63) is 53.6 Å². The number of hydrogen-bond acceptors (Lipinski definition) is 6. The van der Waals surface area contributed by atoms with Crippen molar-refractivity contribution in [2.75, 3.05) is 10.2 Å². The predicted molar refractivity (Wildman–Crippen MR) is 143 cm³/mol. The normalized spacial score (nSPS) is 17.7. The fraction of sp³-hybridized carbons (Fsp3) is 0.429.